The Kier molecular flexibility index (Phi) is 4.30. The molecule has 0 atom stereocenters. The number of hydrogen-bond acceptors (Lipinski definition) is 7. The number of aromatic nitrogens is 3. The van der Waals surface area contributed by atoms with Gasteiger partial charge in [0.25, 0.3) is 0 Å². The average Bonchev–Trinajstić information content (AvgIpc) is 2.87. The van der Waals surface area contributed by atoms with Gasteiger partial charge in [-0.25, -0.2) is 15.0 Å². The van der Waals surface area contributed by atoms with E-state index in [4.69, 9.17) is 0 Å². The normalized spacial score (nSPS) is 14.7. The maximum absolute atomic E-state index is 9.24. The SMILES string of the molecule is N#Cc1cccnc1N1CCCN(c2nccnc2C#N)CC1. The maximum Gasteiger partial charge on any atom is 0.183 e. The zero-order valence-electron chi connectivity index (χ0n) is 12.6. The molecule has 2 aromatic rings. The highest BCUT2D eigenvalue weighted by molar-refractivity contribution is 5.55. The third kappa shape index (κ3) is 3.04. The van der Waals surface area contributed by atoms with Crippen molar-refractivity contribution in [2.24, 2.45) is 0 Å². The molecule has 23 heavy (non-hydrogen) atoms. The molecule has 0 unspecified atom stereocenters. The number of nitrogens with zero attached hydrogens (tertiary/aromatic N) is 7. The number of rotatable bonds is 2. The largest absolute Gasteiger partial charge is 0.354 e. The van der Waals surface area contributed by atoms with Crippen LogP contribution in [0.4, 0.5) is 11.6 Å². The van der Waals surface area contributed by atoms with Gasteiger partial charge in [-0.1, -0.05) is 0 Å². The molecule has 1 fully saturated rings. The van der Waals surface area contributed by atoms with E-state index in [2.05, 4.69) is 36.9 Å². The molecule has 0 saturated carbocycles. The zero-order chi connectivity index (χ0) is 16.1. The molecule has 1 aliphatic rings. The molecule has 0 amide bonds. The quantitative estimate of drug-likeness (QED) is 0.826. The Labute approximate surface area is 134 Å². The van der Waals surface area contributed by atoms with E-state index in [1.54, 1.807) is 24.5 Å². The molecule has 1 aliphatic heterocycles. The summed E-state index contributed by atoms with van der Waals surface area (Å²) in [6.45, 7) is 3.02. The second-order valence-electron chi connectivity index (χ2n) is 5.15. The lowest BCUT2D eigenvalue weighted by Crippen LogP contribution is -2.32. The van der Waals surface area contributed by atoms with Crippen LogP contribution in [-0.4, -0.2) is 41.1 Å². The van der Waals surface area contributed by atoms with Gasteiger partial charge >= 0.3 is 0 Å². The first kappa shape index (κ1) is 14.7. The number of nitriles is 2. The fourth-order valence-corrected chi connectivity index (χ4v) is 2.72. The predicted molar refractivity (Wildman–Crippen MR) is 84.7 cm³/mol. The minimum Gasteiger partial charge on any atom is -0.354 e. The Morgan fingerprint density at radius 1 is 0.826 bits per heavy atom. The first-order chi connectivity index (χ1) is 11.3. The summed E-state index contributed by atoms with van der Waals surface area (Å²) in [5.74, 6) is 1.34. The van der Waals surface area contributed by atoms with Crippen LogP contribution < -0.4 is 9.80 Å². The third-order valence-electron chi connectivity index (χ3n) is 3.79. The van der Waals surface area contributed by atoms with Crippen LogP contribution in [-0.2, 0) is 0 Å². The summed E-state index contributed by atoms with van der Waals surface area (Å²) in [6.07, 6.45) is 5.73. The highest BCUT2D eigenvalue weighted by atomic mass is 15.3. The highest BCUT2D eigenvalue weighted by Crippen LogP contribution is 2.21. The fraction of sp³-hybridized carbons (Fsp3) is 0.312. The molecule has 114 valence electrons. The van der Waals surface area contributed by atoms with E-state index >= 15 is 0 Å². The van der Waals surface area contributed by atoms with Gasteiger partial charge < -0.3 is 9.80 Å². The number of hydrogen-bond donors (Lipinski definition) is 0. The van der Waals surface area contributed by atoms with Gasteiger partial charge in [0.1, 0.15) is 18.0 Å². The Hall–Kier alpha value is -3.19. The van der Waals surface area contributed by atoms with Crippen molar-refractivity contribution in [3.05, 3.63) is 42.0 Å². The second-order valence-corrected chi connectivity index (χ2v) is 5.15. The van der Waals surface area contributed by atoms with Gasteiger partial charge in [0.2, 0.25) is 0 Å². The molecule has 0 aliphatic carbocycles. The molecule has 7 nitrogen and oxygen atoms in total. The predicted octanol–water partition coefficient (Wildman–Crippen LogP) is 1.33. The Bertz CT molecular complexity index is 709. The van der Waals surface area contributed by atoms with E-state index in [1.807, 2.05) is 0 Å². The van der Waals surface area contributed by atoms with Crippen molar-refractivity contribution in [3.8, 4) is 12.1 Å². The van der Waals surface area contributed by atoms with Gasteiger partial charge in [-0.2, -0.15) is 10.5 Å². The van der Waals surface area contributed by atoms with Crippen LogP contribution in [0.3, 0.4) is 0 Å². The number of anilines is 2. The number of pyridine rings is 1. The molecule has 0 N–H and O–H groups in total. The zero-order valence-corrected chi connectivity index (χ0v) is 12.6. The van der Waals surface area contributed by atoms with Crippen LogP contribution in [0, 0.1) is 22.7 Å². The molecule has 0 bridgehead atoms. The van der Waals surface area contributed by atoms with E-state index in [9.17, 15) is 10.5 Å². The van der Waals surface area contributed by atoms with Crippen molar-refractivity contribution in [1.82, 2.24) is 15.0 Å². The molecule has 7 heteroatoms. The third-order valence-corrected chi connectivity index (χ3v) is 3.79. The fourth-order valence-electron chi connectivity index (χ4n) is 2.72. The monoisotopic (exact) mass is 305 g/mol. The van der Waals surface area contributed by atoms with E-state index in [1.165, 1.54) is 6.20 Å². The van der Waals surface area contributed by atoms with E-state index in [0.29, 0.717) is 30.2 Å². The first-order valence-electron chi connectivity index (χ1n) is 7.39. The van der Waals surface area contributed by atoms with Crippen LogP contribution >= 0.6 is 0 Å². The standard InChI is InChI=1S/C16H15N7/c17-11-13-3-1-4-20-15(13)22-7-2-8-23(10-9-22)16-14(12-18)19-5-6-21-16/h1,3-6H,2,7-10H2. The van der Waals surface area contributed by atoms with Gasteiger partial charge in [-0.3, -0.25) is 0 Å². The molecule has 2 aromatic heterocycles. The minimum absolute atomic E-state index is 0.344. The molecule has 0 spiro atoms. The van der Waals surface area contributed by atoms with Gasteiger partial charge in [-0.15, -0.1) is 0 Å². The molecule has 3 rings (SSSR count). The molecule has 0 radical (unpaired) electrons. The van der Waals surface area contributed by atoms with Crippen molar-refractivity contribution < 1.29 is 0 Å². The summed E-state index contributed by atoms with van der Waals surface area (Å²) >= 11 is 0. The molecular formula is C16H15N7. The molecule has 0 aromatic carbocycles. The summed E-state index contributed by atoms with van der Waals surface area (Å²) in [6, 6.07) is 7.83. The van der Waals surface area contributed by atoms with Gasteiger partial charge in [0.05, 0.1) is 5.56 Å². The average molecular weight is 305 g/mol. The summed E-state index contributed by atoms with van der Waals surface area (Å²) in [7, 11) is 0. The van der Waals surface area contributed by atoms with E-state index in [-0.39, 0.29) is 0 Å². The van der Waals surface area contributed by atoms with E-state index in [0.717, 1.165) is 25.3 Å². The lowest BCUT2D eigenvalue weighted by Gasteiger charge is -2.24. The van der Waals surface area contributed by atoms with Crippen molar-refractivity contribution in [2.75, 3.05) is 36.0 Å². The Morgan fingerprint density at radius 3 is 2.26 bits per heavy atom. The topological polar surface area (TPSA) is 92.7 Å². The van der Waals surface area contributed by atoms with Crippen molar-refractivity contribution in [2.45, 2.75) is 6.42 Å². The van der Waals surface area contributed by atoms with Crippen molar-refractivity contribution in [1.29, 1.82) is 10.5 Å². The van der Waals surface area contributed by atoms with Crippen molar-refractivity contribution in [3.63, 3.8) is 0 Å². The molecular weight excluding hydrogens is 290 g/mol. The van der Waals surface area contributed by atoms with Crippen LogP contribution in [0.25, 0.3) is 0 Å². The van der Waals surface area contributed by atoms with Crippen LogP contribution in [0.2, 0.25) is 0 Å². The minimum atomic E-state index is 0.344. The van der Waals surface area contributed by atoms with Crippen LogP contribution in [0.5, 0.6) is 0 Å². The first-order valence-corrected chi connectivity index (χ1v) is 7.39. The Balaban J connectivity index is 1.80. The lowest BCUT2D eigenvalue weighted by molar-refractivity contribution is 0.790. The van der Waals surface area contributed by atoms with Crippen LogP contribution in [0.1, 0.15) is 17.7 Å². The maximum atomic E-state index is 9.24. The summed E-state index contributed by atoms with van der Waals surface area (Å²) in [5, 5.41) is 18.4. The van der Waals surface area contributed by atoms with Crippen molar-refractivity contribution >= 4 is 11.6 Å². The van der Waals surface area contributed by atoms with Gasteiger partial charge in [0, 0.05) is 44.8 Å². The second kappa shape index (κ2) is 6.71. The van der Waals surface area contributed by atoms with Gasteiger partial charge in [-0.05, 0) is 18.6 Å². The molecule has 1 saturated heterocycles. The Morgan fingerprint density at radius 2 is 1.52 bits per heavy atom. The highest BCUT2D eigenvalue weighted by Gasteiger charge is 2.21. The summed E-state index contributed by atoms with van der Waals surface area (Å²) in [4.78, 5) is 16.9. The summed E-state index contributed by atoms with van der Waals surface area (Å²) < 4.78 is 0. The summed E-state index contributed by atoms with van der Waals surface area (Å²) in [5.41, 5.74) is 0.926. The van der Waals surface area contributed by atoms with Crippen LogP contribution in [0.15, 0.2) is 30.7 Å². The smallest absolute Gasteiger partial charge is 0.183 e. The molecule has 3 heterocycles. The lowest BCUT2D eigenvalue weighted by atomic mass is 10.2. The van der Waals surface area contributed by atoms with E-state index < -0.39 is 0 Å². The van der Waals surface area contributed by atoms with Gasteiger partial charge in [0.15, 0.2) is 11.5 Å².